The molecule has 0 saturated carbocycles. The van der Waals surface area contributed by atoms with Gasteiger partial charge in [0.25, 0.3) is 0 Å². The summed E-state index contributed by atoms with van der Waals surface area (Å²) in [6.45, 7) is 8.63. The highest BCUT2D eigenvalue weighted by Crippen LogP contribution is 2.31. The fraction of sp³-hybridized carbons (Fsp3) is 0.929. The molecule has 0 aliphatic carbocycles. The Morgan fingerprint density at radius 1 is 1.26 bits per heavy atom. The fourth-order valence-corrected chi connectivity index (χ4v) is 2.97. The summed E-state index contributed by atoms with van der Waals surface area (Å²) in [4.78, 5) is 13.8. The second-order valence-electron chi connectivity index (χ2n) is 6.66. The van der Waals surface area contributed by atoms with Crippen molar-refractivity contribution in [1.29, 1.82) is 0 Å². The van der Waals surface area contributed by atoms with Gasteiger partial charge in [0.15, 0.2) is 0 Å². The van der Waals surface area contributed by atoms with E-state index in [-0.39, 0.29) is 12.1 Å². The molecule has 2 rings (SSSR count). The zero-order chi connectivity index (χ0) is 14.0. The Morgan fingerprint density at radius 2 is 1.89 bits per heavy atom. The average Bonchev–Trinajstić information content (AvgIpc) is 2.70. The highest BCUT2D eigenvalue weighted by molar-refractivity contribution is 5.68. The van der Waals surface area contributed by atoms with Gasteiger partial charge < -0.3 is 20.1 Å². The van der Waals surface area contributed by atoms with Gasteiger partial charge in [-0.2, -0.15) is 0 Å². The van der Waals surface area contributed by atoms with E-state index in [0.29, 0.717) is 18.4 Å². The molecule has 2 atom stereocenters. The number of rotatable bonds is 1. The van der Waals surface area contributed by atoms with Crippen LogP contribution in [-0.4, -0.2) is 48.9 Å². The Balaban J connectivity index is 1.91. The standard InChI is InChI=1S/C14H26N2O3/c1-14(2,3)19-13(17)16-8-11(12(15)9-16)10-4-6-18-7-5-10/h10-12H,4-9,15H2,1-3H3. The minimum atomic E-state index is -0.446. The summed E-state index contributed by atoms with van der Waals surface area (Å²) in [5.41, 5.74) is 5.77. The van der Waals surface area contributed by atoms with Crippen molar-refractivity contribution in [3.63, 3.8) is 0 Å². The Morgan fingerprint density at radius 3 is 2.47 bits per heavy atom. The summed E-state index contributed by atoms with van der Waals surface area (Å²) in [5.74, 6) is 0.965. The second-order valence-corrected chi connectivity index (χ2v) is 6.66. The minimum absolute atomic E-state index is 0.0654. The molecule has 0 aromatic carbocycles. The number of carbonyl (C=O) groups is 1. The lowest BCUT2D eigenvalue weighted by molar-refractivity contribution is 0.0253. The van der Waals surface area contributed by atoms with E-state index in [1.54, 1.807) is 4.90 Å². The third-order valence-electron chi connectivity index (χ3n) is 3.94. The molecule has 110 valence electrons. The number of likely N-dealkylation sites (tertiary alicyclic amines) is 1. The van der Waals surface area contributed by atoms with Gasteiger partial charge in [-0.1, -0.05) is 0 Å². The minimum Gasteiger partial charge on any atom is -0.444 e. The van der Waals surface area contributed by atoms with Crippen molar-refractivity contribution in [3.05, 3.63) is 0 Å². The van der Waals surface area contributed by atoms with Crippen LogP contribution in [-0.2, 0) is 9.47 Å². The molecule has 0 bridgehead atoms. The van der Waals surface area contributed by atoms with Gasteiger partial charge in [-0.05, 0) is 45.4 Å². The van der Waals surface area contributed by atoms with Crippen molar-refractivity contribution in [2.24, 2.45) is 17.6 Å². The summed E-state index contributed by atoms with van der Waals surface area (Å²) in [6, 6.07) is 0.0654. The Labute approximate surface area is 115 Å². The van der Waals surface area contributed by atoms with Gasteiger partial charge in [-0.15, -0.1) is 0 Å². The van der Waals surface area contributed by atoms with Crippen LogP contribution < -0.4 is 5.73 Å². The zero-order valence-corrected chi connectivity index (χ0v) is 12.2. The van der Waals surface area contributed by atoms with E-state index in [2.05, 4.69) is 0 Å². The van der Waals surface area contributed by atoms with Gasteiger partial charge in [0, 0.05) is 32.3 Å². The topological polar surface area (TPSA) is 64.8 Å². The molecule has 2 N–H and O–H groups in total. The molecule has 5 heteroatoms. The molecule has 2 unspecified atom stereocenters. The van der Waals surface area contributed by atoms with Crippen LogP contribution in [0, 0.1) is 11.8 Å². The third-order valence-corrected chi connectivity index (χ3v) is 3.94. The first kappa shape index (κ1) is 14.6. The maximum Gasteiger partial charge on any atom is 0.410 e. The molecular formula is C14H26N2O3. The van der Waals surface area contributed by atoms with Crippen LogP contribution in [0.1, 0.15) is 33.6 Å². The molecule has 19 heavy (non-hydrogen) atoms. The van der Waals surface area contributed by atoms with Crippen LogP contribution >= 0.6 is 0 Å². The van der Waals surface area contributed by atoms with Crippen molar-refractivity contribution in [2.75, 3.05) is 26.3 Å². The van der Waals surface area contributed by atoms with Crippen LogP contribution in [0.5, 0.6) is 0 Å². The highest BCUT2D eigenvalue weighted by atomic mass is 16.6. The Bertz CT molecular complexity index is 321. The fourth-order valence-electron chi connectivity index (χ4n) is 2.97. The van der Waals surface area contributed by atoms with Gasteiger partial charge in [-0.25, -0.2) is 4.79 Å². The summed E-state index contributed by atoms with van der Waals surface area (Å²) >= 11 is 0. The monoisotopic (exact) mass is 270 g/mol. The van der Waals surface area contributed by atoms with Crippen molar-refractivity contribution < 1.29 is 14.3 Å². The van der Waals surface area contributed by atoms with Crippen molar-refractivity contribution >= 4 is 6.09 Å². The summed E-state index contributed by atoms with van der Waals surface area (Å²) < 4.78 is 10.8. The number of hydrogen-bond donors (Lipinski definition) is 1. The van der Waals surface area contributed by atoms with Crippen LogP contribution in [0.4, 0.5) is 4.79 Å². The zero-order valence-electron chi connectivity index (χ0n) is 12.2. The highest BCUT2D eigenvalue weighted by Gasteiger charge is 2.39. The van der Waals surface area contributed by atoms with Crippen LogP contribution in [0.25, 0.3) is 0 Å². The van der Waals surface area contributed by atoms with Crippen molar-refractivity contribution in [1.82, 2.24) is 4.90 Å². The second kappa shape index (κ2) is 5.67. The normalized spacial score (nSPS) is 29.6. The molecule has 2 saturated heterocycles. The van der Waals surface area contributed by atoms with Crippen molar-refractivity contribution in [2.45, 2.75) is 45.3 Å². The molecule has 0 radical (unpaired) electrons. The van der Waals surface area contributed by atoms with E-state index in [9.17, 15) is 4.79 Å². The molecule has 0 spiro atoms. The van der Waals surface area contributed by atoms with Crippen LogP contribution in [0.15, 0.2) is 0 Å². The summed E-state index contributed by atoms with van der Waals surface area (Å²) in [7, 11) is 0. The van der Waals surface area contributed by atoms with Crippen LogP contribution in [0.2, 0.25) is 0 Å². The first-order valence-electron chi connectivity index (χ1n) is 7.18. The van der Waals surface area contributed by atoms with Crippen molar-refractivity contribution in [3.8, 4) is 0 Å². The SMILES string of the molecule is CC(C)(C)OC(=O)N1CC(N)C(C2CCOCC2)C1. The number of nitrogens with zero attached hydrogens (tertiary/aromatic N) is 1. The largest absolute Gasteiger partial charge is 0.444 e. The van der Waals surface area contributed by atoms with Gasteiger partial charge in [0.2, 0.25) is 0 Å². The van der Waals surface area contributed by atoms with Gasteiger partial charge in [0.05, 0.1) is 0 Å². The summed E-state index contributed by atoms with van der Waals surface area (Å²) in [5, 5.41) is 0. The lowest BCUT2D eigenvalue weighted by atomic mass is 9.83. The molecular weight excluding hydrogens is 244 g/mol. The Hall–Kier alpha value is -0.810. The van der Waals surface area contributed by atoms with Gasteiger partial charge in [0.1, 0.15) is 5.60 Å². The number of carbonyl (C=O) groups excluding carboxylic acids is 1. The molecule has 2 fully saturated rings. The first-order valence-corrected chi connectivity index (χ1v) is 7.18. The molecule has 2 aliphatic heterocycles. The van der Waals surface area contributed by atoms with E-state index in [1.807, 2.05) is 20.8 Å². The predicted octanol–water partition coefficient (Wildman–Crippen LogP) is 1.61. The predicted molar refractivity (Wildman–Crippen MR) is 72.8 cm³/mol. The van der Waals surface area contributed by atoms with E-state index in [1.165, 1.54) is 0 Å². The number of hydrogen-bond acceptors (Lipinski definition) is 4. The number of ether oxygens (including phenoxy) is 2. The third kappa shape index (κ3) is 3.83. The molecule has 5 nitrogen and oxygen atoms in total. The van der Waals surface area contributed by atoms with Gasteiger partial charge in [-0.3, -0.25) is 0 Å². The van der Waals surface area contributed by atoms with E-state index in [4.69, 9.17) is 15.2 Å². The van der Waals surface area contributed by atoms with Gasteiger partial charge >= 0.3 is 6.09 Å². The number of nitrogens with two attached hydrogens (primary N) is 1. The maximum absolute atomic E-state index is 12.1. The van der Waals surface area contributed by atoms with E-state index < -0.39 is 5.60 Å². The van der Waals surface area contributed by atoms with Crippen LogP contribution in [0.3, 0.4) is 0 Å². The first-order chi connectivity index (χ1) is 8.87. The number of amides is 1. The quantitative estimate of drug-likeness (QED) is 0.786. The molecule has 2 aliphatic rings. The molecule has 0 aromatic heterocycles. The Kier molecular flexibility index (Phi) is 4.36. The van der Waals surface area contributed by atoms with E-state index in [0.717, 1.165) is 32.6 Å². The molecule has 2 heterocycles. The molecule has 0 aromatic rings. The smallest absolute Gasteiger partial charge is 0.410 e. The average molecular weight is 270 g/mol. The lowest BCUT2D eigenvalue weighted by Gasteiger charge is -2.29. The maximum atomic E-state index is 12.1. The molecule has 1 amide bonds. The van der Waals surface area contributed by atoms with E-state index >= 15 is 0 Å². The summed E-state index contributed by atoms with van der Waals surface area (Å²) in [6.07, 6.45) is 1.87. The lowest BCUT2D eigenvalue weighted by Crippen LogP contribution is -2.37.